The summed E-state index contributed by atoms with van der Waals surface area (Å²) in [6.45, 7) is 3.12. The van der Waals surface area contributed by atoms with Crippen molar-refractivity contribution in [2.24, 2.45) is 5.92 Å². The Bertz CT molecular complexity index is 223. The van der Waals surface area contributed by atoms with Crippen molar-refractivity contribution in [1.29, 1.82) is 0 Å². The van der Waals surface area contributed by atoms with Gasteiger partial charge in [0.05, 0.1) is 6.61 Å². The molecule has 0 aromatic carbocycles. The van der Waals surface area contributed by atoms with E-state index < -0.39 is 36.0 Å². The van der Waals surface area contributed by atoms with Gasteiger partial charge in [-0.1, -0.05) is 13.8 Å². The Morgan fingerprint density at radius 1 is 1.27 bits per heavy atom. The Morgan fingerprint density at radius 3 is 2.20 bits per heavy atom. The molecular weight excluding hydrogens is 220 g/mol. The minimum absolute atomic E-state index is 0.174. The van der Waals surface area contributed by atoms with Crippen LogP contribution in [0.1, 0.15) is 13.8 Å². The van der Waals surface area contributed by atoms with Crippen LogP contribution in [0.2, 0.25) is 0 Å². The first-order valence-corrected chi connectivity index (χ1v) is 5.34. The molecular formula is C9H18O5S. The largest absolute Gasteiger partial charge is 0.394 e. The normalized spacial score (nSPS) is 47.2. The van der Waals surface area contributed by atoms with Gasteiger partial charge < -0.3 is 25.2 Å². The zero-order chi connectivity index (χ0) is 11.8. The Kier molecular flexibility index (Phi) is 4.02. The van der Waals surface area contributed by atoms with E-state index in [4.69, 9.17) is 9.84 Å². The van der Waals surface area contributed by atoms with Gasteiger partial charge in [0.2, 0.25) is 0 Å². The summed E-state index contributed by atoms with van der Waals surface area (Å²) in [5.41, 5.74) is 0. The Labute approximate surface area is 94.1 Å². The summed E-state index contributed by atoms with van der Waals surface area (Å²) in [7, 11) is 0. The fourth-order valence-corrected chi connectivity index (χ4v) is 1.94. The number of rotatable bonds is 2. The second-order valence-electron chi connectivity index (χ2n) is 4.17. The third-order valence-electron chi connectivity index (χ3n) is 2.83. The van der Waals surface area contributed by atoms with E-state index in [1.807, 2.05) is 0 Å². The molecule has 90 valence electrons. The van der Waals surface area contributed by atoms with Crippen LogP contribution in [0.3, 0.4) is 0 Å². The van der Waals surface area contributed by atoms with Crippen molar-refractivity contribution < 1.29 is 25.2 Å². The van der Waals surface area contributed by atoms with Crippen molar-refractivity contribution in [3.05, 3.63) is 0 Å². The van der Waals surface area contributed by atoms with Crippen LogP contribution < -0.4 is 0 Å². The van der Waals surface area contributed by atoms with Crippen molar-refractivity contribution >= 4 is 12.6 Å². The highest BCUT2D eigenvalue weighted by Gasteiger charge is 2.52. The lowest BCUT2D eigenvalue weighted by Gasteiger charge is -2.48. The van der Waals surface area contributed by atoms with E-state index in [-0.39, 0.29) is 5.92 Å². The maximum Gasteiger partial charge on any atom is 0.142 e. The highest BCUT2D eigenvalue weighted by molar-refractivity contribution is 7.81. The molecule has 5 nitrogen and oxygen atoms in total. The maximum atomic E-state index is 9.76. The minimum Gasteiger partial charge on any atom is -0.394 e. The fourth-order valence-electron chi connectivity index (χ4n) is 1.66. The lowest BCUT2D eigenvalue weighted by atomic mass is 9.89. The molecule has 0 spiro atoms. The van der Waals surface area contributed by atoms with Gasteiger partial charge in [0.15, 0.2) is 0 Å². The molecule has 0 amide bonds. The molecule has 1 saturated heterocycles. The van der Waals surface area contributed by atoms with Crippen LogP contribution in [-0.4, -0.2) is 56.4 Å². The summed E-state index contributed by atoms with van der Waals surface area (Å²) >= 11 is 4.20. The zero-order valence-electron chi connectivity index (χ0n) is 8.74. The lowest BCUT2D eigenvalue weighted by molar-refractivity contribution is -0.251. The number of aliphatic hydroxyl groups excluding tert-OH is 4. The van der Waals surface area contributed by atoms with Crippen molar-refractivity contribution in [2.75, 3.05) is 6.61 Å². The first-order chi connectivity index (χ1) is 6.84. The predicted molar refractivity (Wildman–Crippen MR) is 56.5 cm³/mol. The third kappa shape index (κ3) is 2.15. The quantitative estimate of drug-likeness (QED) is 0.388. The summed E-state index contributed by atoms with van der Waals surface area (Å²) in [5, 5.41) is 37.8. The molecule has 4 N–H and O–H groups in total. The molecule has 6 heteroatoms. The van der Waals surface area contributed by atoms with E-state index in [2.05, 4.69) is 12.6 Å². The third-order valence-corrected chi connectivity index (χ3v) is 3.71. The SMILES string of the molecule is CC(C)C1(S)O[C@H](CO)[C@H](O)[C@H](O)[C@H]1O. The molecule has 1 aliphatic heterocycles. The van der Waals surface area contributed by atoms with E-state index >= 15 is 0 Å². The molecule has 1 unspecified atom stereocenters. The Morgan fingerprint density at radius 2 is 1.80 bits per heavy atom. The summed E-state index contributed by atoms with van der Waals surface area (Å²) in [6, 6.07) is 0. The van der Waals surface area contributed by atoms with E-state index in [1.165, 1.54) is 0 Å². The average Bonchev–Trinajstić information content (AvgIpc) is 2.20. The van der Waals surface area contributed by atoms with Crippen LogP contribution in [0.15, 0.2) is 0 Å². The highest BCUT2D eigenvalue weighted by atomic mass is 32.1. The van der Waals surface area contributed by atoms with E-state index in [0.717, 1.165) is 0 Å². The molecule has 1 fully saturated rings. The molecule has 5 atom stereocenters. The second kappa shape index (κ2) is 4.57. The molecule has 0 aromatic heterocycles. The maximum absolute atomic E-state index is 9.76. The molecule has 0 aliphatic carbocycles. The smallest absolute Gasteiger partial charge is 0.142 e. The van der Waals surface area contributed by atoms with Gasteiger partial charge in [-0.05, 0) is 5.92 Å². The molecule has 0 saturated carbocycles. The second-order valence-corrected chi connectivity index (χ2v) is 4.87. The number of hydrogen-bond donors (Lipinski definition) is 5. The van der Waals surface area contributed by atoms with Gasteiger partial charge in [0.25, 0.3) is 0 Å². The molecule has 0 radical (unpaired) electrons. The Hall–Kier alpha value is 0.150. The molecule has 1 heterocycles. The first kappa shape index (κ1) is 13.2. The fraction of sp³-hybridized carbons (Fsp3) is 1.00. The van der Waals surface area contributed by atoms with Crippen molar-refractivity contribution in [1.82, 2.24) is 0 Å². The average molecular weight is 238 g/mol. The van der Waals surface area contributed by atoms with Crippen LogP contribution in [0.5, 0.6) is 0 Å². The lowest BCUT2D eigenvalue weighted by Crippen LogP contribution is -2.64. The standard InChI is InChI=1S/C9H18O5S/c1-4(2)9(15)8(13)7(12)6(11)5(3-10)14-9/h4-8,10-13,15H,3H2,1-2H3/t5-,6+,7+,8-,9?/m1/s1. The van der Waals surface area contributed by atoms with Crippen LogP contribution in [-0.2, 0) is 4.74 Å². The number of aliphatic hydroxyl groups is 4. The van der Waals surface area contributed by atoms with Crippen LogP contribution in [0.4, 0.5) is 0 Å². The summed E-state index contributed by atoms with van der Waals surface area (Å²) in [6.07, 6.45) is -4.89. The Balaban J connectivity index is 2.92. The molecule has 1 aliphatic rings. The van der Waals surface area contributed by atoms with Crippen molar-refractivity contribution in [3.8, 4) is 0 Å². The van der Waals surface area contributed by atoms with Gasteiger partial charge in [0, 0.05) is 0 Å². The summed E-state index contributed by atoms with van der Waals surface area (Å²) in [4.78, 5) is -1.26. The monoisotopic (exact) mass is 238 g/mol. The number of ether oxygens (including phenoxy) is 1. The number of hydrogen-bond acceptors (Lipinski definition) is 6. The minimum atomic E-state index is -1.37. The topological polar surface area (TPSA) is 90.2 Å². The first-order valence-electron chi connectivity index (χ1n) is 4.89. The highest BCUT2D eigenvalue weighted by Crippen LogP contribution is 2.38. The van der Waals surface area contributed by atoms with E-state index in [1.54, 1.807) is 13.8 Å². The van der Waals surface area contributed by atoms with Gasteiger partial charge in [-0.25, -0.2) is 0 Å². The molecule has 0 bridgehead atoms. The van der Waals surface area contributed by atoms with Crippen LogP contribution >= 0.6 is 12.6 Å². The van der Waals surface area contributed by atoms with Crippen molar-refractivity contribution in [2.45, 2.75) is 43.2 Å². The molecule has 0 aromatic rings. The van der Waals surface area contributed by atoms with Gasteiger partial charge in [0.1, 0.15) is 29.3 Å². The van der Waals surface area contributed by atoms with Gasteiger partial charge >= 0.3 is 0 Å². The van der Waals surface area contributed by atoms with Crippen LogP contribution in [0.25, 0.3) is 0 Å². The zero-order valence-corrected chi connectivity index (χ0v) is 9.63. The van der Waals surface area contributed by atoms with Gasteiger partial charge in [-0.3, -0.25) is 0 Å². The molecule has 1 rings (SSSR count). The van der Waals surface area contributed by atoms with Gasteiger partial charge in [-0.15, -0.1) is 12.6 Å². The summed E-state index contributed by atoms with van der Waals surface area (Å²) < 4.78 is 5.33. The van der Waals surface area contributed by atoms with Crippen molar-refractivity contribution in [3.63, 3.8) is 0 Å². The summed E-state index contributed by atoms with van der Waals surface area (Å²) in [5.74, 6) is -0.174. The van der Waals surface area contributed by atoms with Gasteiger partial charge in [-0.2, -0.15) is 0 Å². The molecule has 15 heavy (non-hydrogen) atoms. The van der Waals surface area contributed by atoms with E-state index in [9.17, 15) is 15.3 Å². The van der Waals surface area contributed by atoms with E-state index in [0.29, 0.717) is 0 Å². The predicted octanol–water partition coefficient (Wildman–Crippen LogP) is -1.26. The number of thiol groups is 1. The van der Waals surface area contributed by atoms with Crippen LogP contribution in [0, 0.1) is 5.92 Å².